The number of nitrogens with zero attached hydrogens (tertiary/aromatic N) is 2. The second-order valence-electron chi connectivity index (χ2n) is 5.34. The Morgan fingerprint density at radius 2 is 2.10 bits per heavy atom. The summed E-state index contributed by atoms with van der Waals surface area (Å²) in [6.07, 6.45) is 3.76. The Bertz CT molecular complexity index is 463. The molecule has 1 unspecified atom stereocenters. The summed E-state index contributed by atoms with van der Waals surface area (Å²) in [7, 11) is 0. The Balaban J connectivity index is 2.60. The van der Waals surface area contributed by atoms with Gasteiger partial charge in [0, 0.05) is 19.6 Å². The Morgan fingerprint density at radius 1 is 1.38 bits per heavy atom. The van der Waals surface area contributed by atoms with Gasteiger partial charge in [-0.1, -0.05) is 20.3 Å². The highest BCUT2D eigenvalue weighted by Crippen LogP contribution is 2.20. The molecule has 21 heavy (non-hydrogen) atoms. The van der Waals surface area contributed by atoms with Gasteiger partial charge < -0.3 is 4.74 Å². The highest BCUT2D eigenvalue weighted by molar-refractivity contribution is 6.10. The van der Waals surface area contributed by atoms with Gasteiger partial charge >= 0.3 is 0 Å². The summed E-state index contributed by atoms with van der Waals surface area (Å²) in [6, 6.07) is 1.90. The second kappa shape index (κ2) is 8.58. The molecule has 0 radical (unpaired) electrons. The number of carbonyl (C=O) groups excluding carboxylic acids is 2. The van der Waals surface area contributed by atoms with Crippen molar-refractivity contribution in [2.24, 2.45) is 0 Å². The van der Waals surface area contributed by atoms with Crippen LogP contribution in [0.25, 0.3) is 0 Å². The van der Waals surface area contributed by atoms with E-state index >= 15 is 0 Å². The molecule has 0 spiro atoms. The summed E-state index contributed by atoms with van der Waals surface area (Å²) in [4.78, 5) is 25.3. The lowest BCUT2D eigenvalue weighted by Gasteiger charge is -2.27. The lowest BCUT2D eigenvalue weighted by atomic mass is 10.0. The summed E-state index contributed by atoms with van der Waals surface area (Å²) < 4.78 is 5.74. The van der Waals surface area contributed by atoms with Crippen LogP contribution in [0.2, 0.25) is 0 Å². The summed E-state index contributed by atoms with van der Waals surface area (Å²) in [5, 5.41) is 9.01. The zero-order chi connectivity index (χ0) is 15.8. The summed E-state index contributed by atoms with van der Waals surface area (Å²) >= 11 is 0. The number of unbranched alkanes of at least 4 members (excludes halogenated alkanes) is 1. The molecular weight excluding hydrogens is 268 g/mol. The van der Waals surface area contributed by atoms with Gasteiger partial charge in [0.2, 0.25) is 5.91 Å². The topological polar surface area (TPSA) is 70.4 Å². The molecule has 0 saturated heterocycles. The van der Waals surface area contributed by atoms with Crippen molar-refractivity contribution in [2.75, 3.05) is 13.2 Å². The maximum absolute atomic E-state index is 12.1. The van der Waals surface area contributed by atoms with Crippen molar-refractivity contribution in [1.82, 2.24) is 4.90 Å². The molecule has 0 saturated carbocycles. The number of hydrogen-bond donors (Lipinski definition) is 0. The van der Waals surface area contributed by atoms with Gasteiger partial charge in [-0.25, -0.2) is 0 Å². The average Bonchev–Trinajstić information content (AvgIpc) is 2.45. The van der Waals surface area contributed by atoms with E-state index in [0.29, 0.717) is 25.1 Å². The van der Waals surface area contributed by atoms with Gasteiger partial charge in [0.05, 0.1) is 6.10 Å². The first-order chi connectivity index (χ1) is 10.0. The molecule has 1 atom stereocenters. The van der Waals surface area contributed by atoms with Crippen LogP contribution in [0.3, 0.4) is 0 Å². The number of ether oxygens (including phenoxy) is 1. The van der Waals surface area contributed by atoms with Crippen LogP contribution in [0.1, 0.15) is 52.9 Å². The van der Waals surface area contributed by atoms with Crippen molar-refractivity contribution in [3.63, 3.8) is 0 Å². The summed E-state index contributed by atoms with van der Waals surface area (Å²) in [5.41, 5.74) is 0.671. The van der Waals surface area contributed by atoms with E-state index in [1.165, 1.54) is 4.90 Å². The molecule has 0 aromatic heterocycles. The normalized spacial score (nSPS) is 17.1. The van der Waals surface area contributed by atoms with Crippen molar-refractivity contribution in [1.29, 1.82) is 5.26 Å². The highest BCUT2D eigenvalue weighted by Gasteiger charge is 2.31. The molecule has 116 valence electrons. The molecule has 0 fully saturated rings. The SMILES string of the molecule is CCCCOC(CC)CCN1C(=O)CC(C)=C(C#N)C1=O. The minimum Gasteiger partial charge on any atom is -0.378 e. The second-order valence-corrected chi connectivity index (χ2v) is 5.34. The third kappa shape index (κ3) is 4.68. The van der Waals surface area contributed by atoms with Crippen molar-refractivity contribution in [3.8, 4) is 6.07 Å². The number of nitriles is 1. The maximum Gasteiger partial charge on any atom is 0.271 e. The molecule has 1 heterocycles. The predicted molar refractivity (Wildman–Crippen MR) is 79.2 cm³/mol. The number of carbonyl (C=O) groups is 2. The van der Waals surface area contributed by atoms with Crippen LogP contribution in [0.5, 0.6) is 0 Å². The van der Waals surface area contributed by atoms with Crippen LogP contribution >= 0.6 is 0 Å². The van der Waals surface area contributed by atoms with Crippen molar-refractivity contribution in [3.05, 3.63) is 11.1 Å². The quantitative estimate of drug-likeness (QED) is 0.509. The molecule has 1 aliphatic heterocycles. The summed E-state index contributed by atoms with van der Waals surface area (Å²) in [5.74, 6) is -0.686. The fourth-order valence-corrected chi connectivity index (χ4v) is 2.28. The van der Waals surface area contributed by atoms with Crippen LogP contribution in [0.15, 0.2) is 11.1 Å². The van der Waals surface area contributed by atoms with Gasteiger partial charge in [-0.15, -0.1) is 0 Å². The largest absolute Gasteiger partial charge is 0.378 e. The zero-order valence-electron chi connectivity index (χ0n) is 13.1. The van der Waals surface area contributed by atoms with Crippen LogP contribution in [0, 0.1) is 11.3 Å². The molecule has 0 N–H and O–H groups in total. The fraction of sp³-hybridized carbons (Fsp3) is 0.688. The van der Waals surface area contributed by atoms with E-state index < -0.39 is 5.91 Å². The molecule has 0 aromatic rings. The maximum atomic E-state index is 12.1. The Kier molecular flexibility index (Phi) is 7.10. The number of hydrogen-bond acceptors (Lipinski definition) is 4. The molecule has 2 amide bonds. The predicted octanol–water partition coefficient (Wildman–Crippen LogP) is 2.57. The van der Waals surface area contributed by atoms with E-state index in [4.69, 9.17) is 10.00 Å². The minimum atomic E-state index is -0.463. The van der Waals surface area contributed by atoms with Gasteiger partial charge in [-0.2, -0.15) is 5.26 Å². The Morgan fingerprint density at radius 3 is 2.67 bits per heavy atom. The number of amides is 2. The molecular formula is C16H24N2O3. The third-order valence-electron chi connectivity index (χ3n) is 3.70. The van der Waals surface area contributed by atoms with E-state index in [2.05, 4.69) is 6.92 Å². The van der Waals surface area contributed by atoms with E-state index in [1.807, 2.05) is 13.0 Å². The van der Waals surface area contributed by atoms with E-state index in [-0.39, 0.29) is 24.0 Å². The standard InChI is InChI=1S/C16H24N2O3/c1-4-6-9-21-13(5-2)7-8-18-15(19)10-12(3)14(11-17)16(18)20/h13H,4-10H2,1-3H3. The highest BCUT2D eigenvalue weighted by atomic mass is 16.5. The van der Waals surface area contributed by atoms with Crippen molar-refractivity contribution >= 4 is 11.8 Å². The van der Waals surface area contributed by atoms with Crippen LogP contribution in [-0.2, 0) is 14.3 Å². The Hall–Kier alpha value is -1.67. The fourth-order valence-electron chi connectivity index (χ4n) is 2.28. The first-order valence-electron chi connectivity index (χ1n) is 7.61. The van der Waals surface area contributed by atoms with Gasteiger partial charge in [-0.3, -0.25) is 14.5 Å². The van der Waals surface area contributed by atoms with Gasteiger partial charge in [0.25, 0.3) is 5.91 Å². The smallest absolute Gasteiger partial charge is 0.271 e. The van der Waals surface area contributed by atoms with E-state index in [0.717, 1.165) is 19.3 Å². The van der Waals surface area contributed by atoms with Gasteiger partial charge in [0.1, 0.15) is 11.6 Å². The first-order valence-corrected chi connectivity index (χ1v) is 7.61. The molecule has 1 aliphatic rings. The van der Waals surface area contributed by atoms with Gasteiger partial charge in [0.15, 0.2) is 0 Å². The van der Waals surface area contributed by atoms with Crippen molar-refractivity contribution in [2.45, 2.75) is 59.0 Å². The molecule has 0 aromatic carbocycles. The summed E-state index contributed by atoms with van der Waals surface area (Å²) in [6.45, 7) is 6.82. The molecule has 5 nitrogen and oxygen atoms in total. The number of rotatable bonds is 8. The molecule has 0 aliphatic carbocycles. The lowest BCUT2D eigenvalue weighted by Crippen LogP contribution is -2.42. The molecule has 1 rings (SSSR count). The van der Waals surface area contributed by atoms with Crippen molar-refractivity contribution < 1.29 is 14.3 Å². The lowest BCUT2D eigenvalue weighted by molar-refractivity contribution is -0.143. The molecule has 5 heteroatoms. The Labute approximate surface area is 126 Å². The first kappa shape index (κ1) is 17.4. The van der Waals surface area contributed by atoms with Crippen LogP contribution in [-0.4, -0.2) is 36.0 Å². The zero-order valence-corrected chi connectivity index (χ0v) is 13.1. The molecule has 0 bridgehead atoms. The average molecular weight is 292 g/mol. The monoisotopic (exact) mass is 292 g/mol. The van der Waals surface area contributed by atoms with E-state index in [9.17, 15) is 9.59 Å². The van der Waals surface area contributed by atoms with E-state index in [1.54, 1.807) is 6.92 Å². The number of imide groups is 1. The van der Waals surface area contributed by atoms with Gasteiger partial charge in [-0.05, 0) is 31.8 Å². The third-order valence-corrected chi connectivity index (χ3v) is 3.70. The minimum absolute atomic E-state index is 0.0506. The van der Waals surface area contributed by atoms with Crippen LogP contribution in [0.4, 0.5) is 0 Å². The van der Waals surface area contributed by atoms with Crippen LogP contribution < -0.4 is 0 Å².